The zero-order valence-electron chi connectivity index (χ0n) is 12.7. The fraction of sp³-hybridized carbons (Fsp3) is 0.263. The Kier molecular flexibility index (Phi) is 3.46. The van der Waals surface area contributed by atoms with Crippen molar-refractivity contribution in [2.75, 3.05) is 7.11 Å². The van der Waals surface area contributed by atoms with Crippen LogP contribution in [0, 0.1) is 0 Å². The number of aromatic hydroxyl groups is 1. The maximum atomic E-state index is 9.76. The molecule has 0 fully saturated rings. The number of rotatable bonds is 3. The molecule has 2 aromatic rings. The molecule has 0 spiro atoms. The highest BCUT2D eigenvalue weighted by atomic mass is 16.5. The molecule has 0 saturated heterocycles. The molecule has 0 saturated carbocycles. The maximum Gasteiger partial charge on any atom is 0.118 e. The predicted molar refractivity (Wildman–Crippen MR) is 86.6 cm³/mol. The summed E-state index contributed by atoms with van der Waals surface area (Å²) in [6, 6.07) is 13.9. The predicted octanol–water partition coefficient (Wildman–Crippen LogP) is 4.84. The van der Waals surface area contributed by atoms with E-state index in [9.17, 15) is 5.11 Å². The van der Waals surface area contributed by atoms with Gasteiger partial charge in [-0.2, -0.15) is 0 Å². The van der Waals surface area contributed by atoms with Crippen LogP contribution in [-0.2, 0) is 0 Å². The van der Waals surface area contributed by atoms with E-state index in [0.29, 0.717) is 11.7 Å². The van der Waals surface area contributed by atoms with Crippen LogP contribution in [0.3, 0.4) is 0 Å². The highest BCUT2D eigenvalue weighted by Crippen LogP contribution is 2.48. The van der Waals surface area contributed by atoms with E-state index in [1.165, 1.54) is 27.8 Å². The molecule has 0 bridgehead atoms. The van der Waals surface area contributed by atoms with Gasteiger partial charge in [0.15, 0.2) is 0 Å². The Labute approximate surface area is 125 Å². The van der Waals surface area contributed by atoms with Crippen molar-refractivity contribution < 1.29 is 9.84 Å². The monoisotopic (exact) mass is 280 g/mol. The van der Waals surface area contributed by atoms with E-state index in [0.717, 1.165) is 12.2 Å². The summed E-state index contributed by atoms with van der Waals surface area (Å²) in [4.78, 5) is 0. The Balaban J connectivity index is 2.12. The first-order valence-electron chi connectivity index (χ1n) is 7.36. The van der Waals surface area contributed by atoms with Gasteiger partial charge in [0, 0.05) is 5.92 Å². The number of hydrogen-bond acceptors (Lipinski definition) is 2. The number of hydrogen-bond donors (Lipinski definition) is 1. The number of allylic oxidation sites excluding steroid dienone is 2. The minimum Gasteiger partial charge on any atom is -0.508 e. The number of benzene rings is 2. The second-order valence-electron chi connectivity index (χ2n) is 5.47. The molecule has 0 radical (unpaired) electrons. The zero-order valence-corrected chi connectivity index (χ0v) is 12.7. The Bertz CT molecular complexity index is 696. The van der Waals surface area contributed by atoms with E-state index in [1.807, 2.05) is 24.3 Å². The van der Waals surface area contributed by atoms with Crippen molar-refractivity contribution in [1.29, 1.82) is 0 Å². The number of phenols is 1. The molecule has 0 amide bonds. The van der Waals surface area contributed by atoms with Gasteiger partial charge in [0.2, 0.25) is 0 Å². The van der Waals surface area contributed by atoms with Gasteiger partial charge in [-0.1, -0.05) is 32.0 Å². The zero-order chi connectivity index (χ0) is 15.0. The van der Waals surface area contributed by atoms with Crippen LogP contribution in [0.15, 0.2) is 42.5 Å². The minimum atomic E-state index is 0.301. The van der Waals surface area contributed by atoms with E-state index in [1.54, 1.807) is 13.2 Å². The molecule has 1 aliphatic carbocycles. The largest absolute Gasteiger partial charge is 0.508 e. The molecule has 1 unspecified atom stereocenters. The maximum absolute atomic E-state index is 9.76. The van der Waals surface area contributed by atoms with Crippen molar-refractivity contribution in [2.45, 2.75) is 26.2 Å². The Morgan fingerprint density at radius 1 is 1.10 bits per heavy atom. The van der Waals surface area contributed by atoms with Gasteiger partial charge in [0.25, 0.3) is 0 Å². The van der Waals surface area contributed by atoms with E-state index >= 15 is 0 Å². The summed E-state index contributed by atoms with van der Waals surface area (Å²) < 4.78 is 5.24. The van der Waals surface area contributed by atoms with E-state index < -0.39 is 0 Å². The summed E-state index contributed by atoms with van der Waals surface area (Å²) in [5.74, 6) is 1.51. The van der Waals surface area contributed by atoms with Gasteiger partial charge in [-0.15, -0.1) is 0 Å². The molecule has 1 N–H and O–H groups in total. The van der Waals surface area contributed by atoms with Crippen molar-refractivity contribution in [2.24, 2.45) is 0 Å². The van der Waals surface area contributed by atoms with Crippen LogP contribution in [-0.4, -0.2) is 12.2 Å². The highest BCUT2D eigenvalue weighted by Gasteiger charge is 2.28. The van der Waals surface area contributed by atoms with Gasteiger partial charge in [-0.3, -0.25) is 0 Å². The average Bonchev–Trinajstić information content (AvgIpc) is 2.79. The average molecular weight is 280 g/mol. The molecule has 1 aliphatic rings. The topological polar surface area (TPSA) is 29.5 Å². The first-order valence-corrected chi connectivity index (χ1v) is 7.36. The van der Waals surface area contributed by atoms with Crippen molar-refractivity contribution in [3.63, 3.8) is 0 Å². The fourth-order valence-corrected chi connectivity index (χ4v) is 3.32. The Morgan fingerprint density at radius 3 is 2.43 bits per heavy atom. The molecule has 0 aliphatic heterocycles. The lowest BCUT2D eigenvalue weighted by atomic mass is 9.92. The van der Waals surface area contributed by atoms with Crippen molar-refractivity contribution in [1.82, 2.24) is 0 Å². The van der Waals surface area contributed by atoms with Gasteiger partial charge >= 0.3 is 0 Å². The van der Waals surface area contributed by atoms with E-state index in [2.05, 4.69) is 26.0 Å². The summed E-state index contributed by atoms with van der Waals surface area (Å²) in [5.41, 5.74) is 6.46. The van der Waals surface area contributed by atoms with Crippen LogP contribution in [0.1, 0.15) is 42.9 Å². The molecule has 2 nitrogen and oxygen atoms in total. The van der Waals surface area contributed by atoms with Gasteiger partial charge in [0.1, 0.15) is 11.5 Å². The molecular formula is C19H20O2. The second kappa shape index (κ2) is 5.28. The van der Waals surface area contributed by atoms with E-state index in [4.69, 9.17) is 4.74 Å². The molecule has 3 rings (SSSR count). The quantitative estimate of drug-likeness (QED) is 0.871. The molecule has 108 valence electrons. The molecule has 0 heterocycles. The normalized spacial score (nSPS) is 17.0. The van der Waals surface area contributed by atoms with Crippen LogP contribution >= 0.6 is 0 Å². The molecule has 2 heteroatoms. The van der Waals surface area contributed by atoms with Gasteiger partial charge < -0.3 is 9.84 Å². The lowest BCUT2D eigenvalue weighted by molar-refractivity contribution is 0.415. The summed E-state index contributed by atoms with van der Waals surface area (Å²) >= 11 is 0. The summed E-state index contributed by atoms with van der Waals surface area (Å²) in [7, 11) is 1.68. The lowest BCUT2D eigenvalue weighted by Gasteiger charge is -2.13. The number of ether oxygens (including phenoxy) is 1. The summed E-state index contributed by atoms with van der Waals surface area (Å²) in [5, 5.41) is 9.76. The molecule has 2 aromatic carbocycles. The van der Waals surface area contributed by atoms with Crippen LogP contribution in [0.4, 0.5) is 0 Å². The number of methoxy groups -OCH3 is 1. The highest BCUT2D eigenvalue weighted by molar-refractivity contribution is 5.99. The third kappa shape index (κ3) is 2.21. The molecule has 1 atom stereocenters. The Hall–Kier alpha value is -2.22. The minimum absolute atomic E-state index is 0.301. The smallest absolute Gasteiger partial charge is 0.118 e. The van der Waals surface area contributed by atoms with Crippen LogP contribution in [0.2, 0.25) is 0 Å². The third-order valence-corrected chi connectivity index (χ3v) is 4.34. The number of phenolic OH excluding ortho intramolecular Hbond substituents is 1. The van der Waals surface area contributed by atoms with E-state index in [-0.39, 0.29) is 0 Å². The van der Waals surface area contributed by atoms with Crippen molar-refractivity contribution in [3.8, 4) is 11.5 Å². The van der Waals surface area contributed by atoms with Crippen molar-refractivity contribution in [3.05, 3.63) is 59.2 Å². The first-order chi connectivity index (χ1) is 10.2. The molecule has 21 heavy (non-hydrogen) atoms. The molecular weight excluding hydrogens is 260 g/mol. The first kappa shape index (κ1) is 13.7. The standard InChI is InChI=1S/C19H20O2/c1-4-16-17-10-7-14(20)11-18(17)12(2)19(16)13-5-8-15(21-3)9-6-13/h5-12,20H,4H2,1-3H3. The van der Waals surface area contributed by atoms with Gasteiger partial charge in [0.05, 0.1) is 7.11 Å². The van der Waals surface area contributed by atoms with Crippen LogP contribution in [0.25, 0.3) is 11.1 Å². The van der Waals surface area contributed by atoms with Crippen molar-refractivity contribution >= 4 is 11.1 Å². The van der Waals surface area contributed by atoms with Gasteiger partial charge in [-0.25, -0.2) is 0 Å². The second-order valence-corrected chi connectivity index (χ2v) is 5.47. The number of fused-ring (bicyclic) bond motifs is 1. The Morgan fingerprint density at radius 2 is 1.81 bits per heavy atom. The SMILES string of the molecule is CCC1=C(c2ccc(OC)cc2)C(C)c2cc(O)ccc21. The van der Waals surface area contributed by atoms with Crippen LogP contribution < -0.4 is 4.74 Å². The fourth-order valence-electron chi connectivity index (χ4n) is 3.32. The van der Waals surface area contributed by atoms with Gasteiger partial charge in [-0.05, 0) is 58.5 Å². The summed E-state index contributed by atoms with van der Waals surface area (Å²) in [6.45, 7) is 4.40. The van der Waals surface area contributed by atoms with Crippen LogP contribution in [0.5, 0.6) is 11.5 Å². The third-order valence-electron chi connectivity index (χ3n) is 4.34. The molecule has 0 aromatic heterocycles. The summed E-state index contributed by atoms with van der Waals surface area (Å²) in [6.07, 6.45) is 0.990. The lowest BCUT2D eigenvalue weighted by Crippen LogP contribution is -1.93.